The van der Waals surface area contributed by atoms with Crippen molar-refractivity contribution in [2.24, 2.45) is 5.73 Å². The first-order valence-electron chi connectivity index (χ1n) is 4.82. The van der Waals surface area contributed by atoms with E-state index in [1.165, 1.54) is 0 Å². The van der Waals surface area contributed by atoms with Gasteiger partial charge < -0.3 is 5.73 Å². The highest BCUT2D eigenvalue weighted by Crippen LogP contribution is 2.21. The molecule has 16 heavy (non-hydrogen) atoms. The lowest BCUT2D eigenvalue weighted by Crippen LogP contribution is -2.37. The third-order valence-corrected chi connectivity index (χ3v) is 2.44. The molecule has 1 aromatic rings. The zero-order chi connectivity index (χ0) is 11.7. The second-order valence-corrected chi connectivity index (χ2v) is 3.48. The van der Waals surface area contributed by atoms with E-state index >= 15 is 0 Å². The maximum Gasteiger partial charge on any atom is 0.261 e. The summed E-state index contributed by atoms with van der Waals surface area (Å²) in [6, 6.07) is 6.50. The molecule has 1 heterocycles. The van der Waals surface area contributed by atoms with E-state index in [9.17, 15) is 14.4 Å². The fraction of sp³-hybridized carbons (Fsp3) is 0.182. The first-order chi connectivity index (χ1) is 7.65. The molecule has 0 unspecified atom stereocenters. The van der Waals surface area contributed by atoms with Crippen LogP contribution in [-0.4, -0.2) is 35.6 Å². The van der Waals surface area contributed by atoms with Gasteiger partial charge in [0, 0.05) is 0 Å². The van der Waals surface area contributed by atoms with Gasteiger partial charge in [0.25, 0.3) is 11.8 Å². The van der Waals surface area contributed by atoms with Gasteiger partial charge in [0.15, 0.2) is 5.78 Å². The molecular formula is C11H10N2O3. The monoisotopic (exact) mass is 218 g/mol. The van der Waals surface area contributed by atoms with Gasteiger partial charge in [-0.1, -0.05) is 12.1 Å². The number of fused-ring (bicyclic) bond motifs is 1. The lowest BCUT2D eigenvalue weighted by atomic mass is 10.1. The summed E-state index contributed by atoms with van der Waals surface area (Å²) in [5.74, 6) is -1.20. The highest BCUT2D eigenvalue weighted by molar-refractivity contribution is 6.22. The molecule has 2 N–H and O–H groups in total. The minimum atomic E-state index is -0.428. The fourth-order valence-electron chi connectivity index (χ4n) is 1.62. The Morgan fingerprint density at radius 2 is 1.62 bits per heavy atom. The smallest absolute Gasteiger partial charge is 0.261 e. The minimum Gasteiger partial charge on any atom is -0.324 e. The van der Waals surface area contributed by atoms with Crippen molar-refractivity contribution in [1.82, 2.24) is 4.90 Å². The first-order valence-corrected chi connectivity index (χ1v) is 4.82. The van der Waals surface area contributed by atoms with Gasteiger partial charge in [0.05, 0.1) is 24.2 Å². The Hall–Kier alpha value is -2.01. The van der Waals surface area contributed by atoms with Crippen LogP contribution in [0.5, 0.6) is 0 Å². The van der Waals surface area contributed by atoms with Crippen molar-refractivity contribution in [2.75, 3.05) is 13.1 Å². The Morgan fingerprint density at radius 1 is 1.12 bits per heavy atom. The molecular weight excluding hydrogens is 208 g/mol. The highest BCUT2D eigenvalue weighted by atomic mass is 16.2. The van der Waals surface area contributed by atoms with Crippen LogP contribution in [0.2, 0.25) is 0 Å². The summed E-state index contributed by atoms with van der Waals surface area (Å²) in [5, 5.41) is 0. The standard InChI is InChI=1S/C11H10N2O3/c12-5-7(14)6-13-10(15)8-3-1-2-4-9(8)11(13)16/h1-4H,5-6,12H2. The third kappa shape index (κ3) is 1.51. The second-order valence-electron chi connectivity index (χ2n) is 3.48. The molecule has 5 heteroatoms. The lowest BCUT2D eigenvalue weighted by molar-refractivity contribution is -0.118. The Labute approximate surface area is 91.8 Å². The maximum atomic E-state index is 11.8. The van der Waals surface area contributed by atoms with Gasteiger partial charge in [-0.15, -0.1) is 0 Å². The van der Waals surface area contributed by atoms with Crippen molar-refractivity contribution >= 4 is 17.6 Å². The number of rotatable bonds is 3. The minimum absolute atomic E-state index is 0.173. The number of hydrogen-bond acceptors (Lipinski definition) is 4. The molecule has 1 aliphatic heterocycles. The van der Waals surface area contributed by atoms with Crippen LogP contribution in [0.1, 0.15) is 20.7 Å². The first kappa shape index (κ1) is 10.5. The average Bonchev–Trinajstić information content (AvgIpc) is 2.55. The number of nitrogens with two attached hydrogens (primary N) is 1. The number of imide groups is 1. The normalized spacial score (nSPS) is 14.2. The molecule has 0 fully saturated rings. The van der Waals surface area contributed by atoms with Gasteiger partial charge in [-0.2, -0.15) is 0 Å². The van der Waals surface area contributed by atoms with Gasteiger partial charge >= 0.3 is 0 Å². The van der Waals surface area contributed by atoms with E-state index in [0.717, 1.165) is 4.90 Å². The van der Waals surface area contributed by atoms with Crippen LogP contribution in [0.3, 0.4) is 0 Å². The Balaban J connectivity index is 2.32. The van der Waals surface area contributed by atoms with Gasteiger partial charge in [-0.25, -0.2) is 0 Å². The zero-order valence-corrected chi connectivity index (χ0v) is 8.47. The summed E-state index contributed by atoms with van der Waals surface area (Å²) in [6.45, 7) is -0.420. The molecule has 0 saturated heterocycles. The number of hydrogen-bond donors (Lipinski definition) is 1. The number of nitrogens with zero attached hydrogens (tertiary/aromatic N) is 1. The van der Waals surface area contributed by atoms with Gasteiger partial charge in [0.2, 0.25) is 0 Å². The van der Waals surface area contributed by atoms with Crippen molar-refractivity contribution in [3.8, 4) is 0 Å². The van der Waals surface area contributed by atoms with Gasteiger partial charge in [-0.3, -0.25) is 19.3 Å². The molecule has 0 aliphatic carbocycles. The molecule has 2 amide bonds. The number of amides is 2. The fourth-order valence-corrected chi connectivity index (χ4v) is 1.62. The molecule has 0 atom stereocenters. The molecule has 1 aromatic carbocycles. The van der Waals surface area contributed by atoms with E-state index < -0.39 is 11.8 Å². The molecule has 1 aliphatic rings. The largest absolute Gasteiger partial charge is 0.324 e. The number of carbonyl (C=O) groups is 3. The lowest BCUT2D eigenvalue weighted by Gasteiger charge is -2.11. The summed E-state index contributed by atoms with van der Waals surface area (Å²) in [7, 11) is 0. The third-order valence-electron chi connectivity index (χ3n) is 2.44. The Bertz CT molecular complexity index is 447. The van der Waals surface area contributed by atoms with Crippen LogP contribution in [0.4, 0.5) is 0 Å². The Kier molecular flexibility index (Phi) is 2.54. The molecule has 0 radical (unpaired) electrons. The van der Waals surface area contributed by atoms with Gasteiger partial charge in [0.1, 0.15) is 0 Å². The van der Waals surface area contributed by atoms with Crippen LogP contribution in [0, 0.1) is 0 Å². The van der Waals surface area contributed by atoms with Crippen molar-refractivity contribution < 1.29 is 14.4 Å². The number of Topliss-reactive ketones (excluding diaryl/α,β-unsaturated/α-hetero) is 1. The SMILES string of the molecule is NCC(=O)CN1C(=O)c2ccccc2C1=O. The highest BCUT2D eigenvalue weighted by Gasteiger charge is 2.35. The van der Waals surface area contributed by atoms with Crippen LogP contribution in [0.15, 0.2) is 24.3 Å². The predicted molar refractivity (Wildman–Crippen MR) is 55.9 cm³/mol. The summed E-state index contributed by atoms with van der Waals surface area (Å²) >= 11 is 0. The molecule has 0 bridgehead atoms. The van der Waals surface area contributed by atoms with E-state index in [0.29, 0.717) is 11.1 Å². The maximum absolute atomic E-state index is 11.8. The van der Waals surface area contributed by atoms with E-state index in [1.54, 1.807) is 24.3 Å². The molecule has 2 rings (SSSR count). The van der Waals surface area contributed by atoms with E-state index in [2.05, 4.69) is 0 Å². The van der Waals surface area contributed by atoms with Crippen LogP contribution >= 0.6 is 0 Å². The summed E-state index contributed by atoms with van der Waals surface area (Å²) in [6.07, 6.45) is 0. The molecule has 0 spiro atoms. The van der Waals surface area contributed by atoms with Crippen molar-refractivity contribution in [3.05, 3.63) is 35.4 Å². The number of carbonyl (C=O) groups excluding carboxylic acids is 3. The van der Waals surface area contributed by atoms with Gasteiger partial charge in [-0.05, 0) is 12.1 Å². The number of ketones is 1. The quantitative estimate of drug-likeness (QED) is 0.713. The predicted octanol–water partition coefficient (Wildman–Crippen LogP) is -0.190. The van der Waals surface area contributed by atoms with Crippen LogP contribution in [0.25, 0.3) is 0 Å². The molecule has 0 saturated carbocycles. The van der Waals surface area contributed by atoms with Crippen LogP contribution < -0.4 is 5.73 Å². The van der Waals surface area contributed by atoms with Crippen molar-refractivity contribution in [3.63, 3.8) is 0 Å². The molecule has 82 valence electrons. The van der Waals surface area contributed by atoms with Crippen molar-refractivity contribution in [2.45, 2.75) is 0 Å². The zero-order valence-electron chi connectivity index (χ0n) is 8.47. The van der Waals surface area contributed by atoms with E-state index in [4.69, 9.17) is 5.73 Å². The second kappa shape index (κ2) is 3.86. The summed E-state index contributed by atoms with van der Waals surface area (Å²) in [4.78, 5) is 35.6. The van der Waals surface area contributed by atoms with Crippen molar-refractivity contribution in [1.29, 1.82) is 0 Å². The van der Waals surface area contributed by atoms with Crippen LogP contribution in [-0.2, 0) is 4.79 Å². The number of benzene rings is 1. The average molecular weight is 218 g/mol. The van der Waals surface area contributed by atoms with E-state index in [-0.39, 0.29) is 18.9 Å². The van der Waals surface area contributed by atoms with E-state index in [1.807, 2.05) is 0 Å². The summed E-state index contributed by atoms with van der Waals surface area (Å²) < 4.78 is 0. The topological polar surface area (TPSA) is 80.5 Å². The molecule has 0 aromatic heterocycles. The Morgan fingerprint density at radius 3 is 2.06 bits per heavy atom. The molecule has 5 nitrogen and oxygen atoms in total. The summed E-state index contributed by atoms with van der Waals surface area (Å²) in [5.41, 5.74) is 5.84.